The van der Waals surface area contributed by atoms with E-state index in [1.54, 1.807) is 0 Å². The zero-order chi connectivity index (χ0) is 13.0. The molecular formula is C15H16BrNO. The van der Waals surface area contributed by atoms with Gasteiger partial charge in [0.05, 0.1) is 0 Å². The molecule has 94 valence electrons. The Morgan fingerprint density at radius 1 is 1.11 bits per heavy atom. The average molecular weight is 306 g/mol. The molecule has 2 aromatic carbocycles. The largest absolute Gasteiger partial charge is 0.489 e. The van der Waals surface area contributed by atoms with Crippen LogP contribution < -0.4 is 10.5 Å². The third-order valence-electron chi connectivity index (χ3n) is 2.69. The number of hydrogen-bond acceptors (Lipinski definition) is 2. The van der Waals surface area contributed by atoms with E-state index in [1.165, 1.54) is 5.56 Å². The fourth-order valence-electron chi connectivity index (χ4n) is 1.78. The summed E-state index contributed by atoms with van der Waals surface area (Å²) >= 11 is 3.43. The summed E-state index contributed by atoms with van der Waals surface area (Å²) in [7, 11) is 0. The van der Waals surface area contributed by atoms with Gasteiger partial charge in [-0.15, -0.1) is 0 Å². The maximum atomic E-state index is 5.79. The highest BCUT2D eigenvalue weighted by Gasteiger charge is 2.00. The summed E-state index contributed by atoms with van der Waals surface area (Å²) in [5, 5.41) is 0. The molecule has 0 saturated heterocycles. The second-order valence-corrected chi connectivity index (χ2v) is 5.10. The number of ether oxygens (including phenoxy) is 1. The fourth-order valence-corrected chi connectivity index (χ4v) is 2.34. The second-order valence-electron chi connectivity index (χ2n) is 4.18. The van der Waals surface area contributed by atoms with Crippen molar-refractivity contribution in [3.05, 3.63) is 58.1 Å². The van der Waals surface area contributed by atoms with Gasteiger partial charge < -0.3 is 10.5 Å². The minimum atomic E-state index is 0.525. The molecule has 0 fully saturated rings. The Hall–Kier alpha value is -1.48. The summed E-state index contributed by atoms with van der Waals surface area (Å²) in [4.78, 5) is 0. The van der Waals surface area contributed by atoms with Gasteiger partial charge in [-0.05, 0) is 47.9 Å². The molecule has 0 aromatic heterocycles. The van der Waals surface area contributed by atoms with Crippen LogP contribution in [-0.2, 0) is 13.0 Å². The SMILES string of the molecule is CCc1cccc(OCc2cc(N)cc(Br)c2)c1. The van der Waals surface area contributed by atoms with Crippen molar-refractivity contribution in [2.45, 2.75) is 20.0 Å². The van der Waals surface area contributed by atoms with Crippen LogP contribution in [0.25, 0.3) is 0 Å². The molecule has 3 heteroatoms. The van der Waals surface area contributed by atoms with Crippen LogP contribution in [0.4, 0.5) is 5.69 Å². The van der Waals surface area contributed by atoms with Gasteiger partial charge >= 0.3 is 0 Å². The molecular weight excluding hydrogens is 290 g/mol. The molecule has 0 radical (unpaired) electrons. The topological polar surface area (TPSA) is 35.2 Å². The molecule has 0 aliphatic heterocycles. The monoisotopic (exact) mass is 305 g/mol. The molecule has 2 aromatic rings. The maximum Gasteiger partial charge on any atom is 0.120 e. The van der Waals surface area contributed by atoms with Crippen molar-refractivity contribution in [2.75, 3.05) is 5.73 Å². The number of nitrogens with two attached hydrogens (primary N) is 1. The predicted molar refractivity (Wildman–Crippen MR) is 78.7 cm³/mol. The van der Waals surface area contributed by atoms with Gasteiger partial charge in [0.15, 0.2) is 0 Å². The number of aryl methyl sites for hydroxylation is 1. The van der Waals surface area contributed by atoms with Crippen molar-refractivity contribution in [2.24, 2.45) is 0 Å². The molecule has 0 amide bonds. The Bertz CT molecular complexity index is 520. The maximum absolute atomic E-state index is 5.79. The highest BCUT2D eigenvalue weighted by molar-refractivity contribution is 9.10. The predicted octanol–water partition coefficient (Wildman–Crippen LogP) is 4.17. The first-order valence-electron chi connectivity index (χ1n) is 5.94. The molecule has 0 spiro atoms. The van der Waals surface area contributed by atoms with Crippen molar-refractivity contribution in [3.63, 3.8) is 0 Å². The minimum absolute atomic E-state index is 0.525. The van der Waals surface area contributed by atoms with Crippen LogP contribution in [0.3, 0.4) is 0 Å². The summed E-state index contributed by atoms with van der Waals surface area (Å²) in [6, 6.07) is 14.0. The van der Waals surface area contributed by atoms with E-state index < -0.39 is 0 Å². The Balaban J connectivity index is 2.06. The fraction of sp³-hybridized carbons (Fsp3) is 0.200. The van der Waals surface area contributed by atoms with E-state index in [0.717, 1.165) is 27.9 Å². The van der Waals surface area contributed by atoms with Gasteiger partial charge in [0.25, 0.3) is 0 Å². The molecule has 0 heterocycles. The first-order valence-corrected chi connectivity index (χ1v) is 6.73. The molecule has 0 unspecified atom stereocenters. The Morgan fingerprint density at radius 3 is 2.67 bits per heavy atom. The van der Waals surface area contributed by atoms with Gasteiger partial charge in [0, 0.05) is 10.2 Å². The lowest BCUT2D eigenvalue weighted by Gasteiger charge is -2.08. The van der Waals surface area contributed by atoms with E-state index in [4.69, 9.17) is 10.5 Å². The lowest BCUT2D eigenvalue weighted by Crippen LogP contribution is -1.97. The van der Waals surface area contributed by atoms with E-state index >= 15 is 0 Å². The Morgan fingerprint density at radius 2 is 1.94 bits per heavy atom. The zero-order valence-corrected chi connectivity index (χ0v) is 11.9. The molecule has 0 aliphatic rings. The summed E-state index contributed by atoms with van der Waals surface area (Å²) in [6.45, 7) is 2.66. The van der Waals surface area contributed by atoms with Crippen LogP contribution in [0.15, 0.2) is 46.9 Å². The lowest BCUT2D eigenvalue weighted by atomic mass is 10.1. The number of benzene rings is 2. The van der Waals surface area contributed by atoms with Crippen LogP contribution in [-0.4, -0.2) is 0 Å². The number of nitrogen functional groups attached to an aromatic ring is 1. The average Bonchev–Trinajstić information content (AvgIpc) is 2.35. The lowest BCUT2D eigenvalue weighted by molar-refractivity contribution is 0.306. The van der Waals surface area contributed by atoms with Gasteiger partial charge in [-0.1, -0.05) is 35.0 Å². The minimum Gasteiger partial charge on any atom is -0.489 e. The van der Waals surface area contributed by atoms with Crippen LogP contribution in [0, 0.1) is 0 Å². The van der Waals surface area contributed by atoms with Crippen LogP contribution in [0.5, 0.6) is 5.75 Å². The molecule has 2 rings (SSSR count). The van der Waals surface area contributed by atoms with Crippen molar-refractivity contribution >= 4 is 21.6 Å². The van der Waals surface area contributed by atoms with E-state index in [9.17, 15) is 0 Å². The normalized spacial score (nSPS) is 10.3. The zero-order valence-electron chi connectivity index (χ0n) is 10.3. The van der Waals surface area contributed by atoms with Gasteiger partial charge in [-0.25, -0.2) is 0 Å². The first kappa shape index (κ1) is 13.0. The Kier molecular flexibility index (Phi) is 4.26. The molecule has 2 N–H and O–H groups in total. The molecule has 18 heavy (non-hydrogen) atoms. The smallest absolute Gasteiger partial charge is 0.120 e. The molecule has 2 nitrogen and oxygen atoms in total. The van der Waals surface area contributed by atoms with E-state index in [-0.39, 0.29) is 0 Å². The summed E-state index contributed by atoms with van der Waals surface area (Å²) in [5.74, 6) is 0.896. The molecule has 0 saturated carbocycles. The van der Waals surface area contributed by atoms with E-state index in [1.807, 2.05) is 30.3 Å². The standard InChI is InChI=1S/C15H16BrNO/c1-2-11-4-3-5-15(8-11)18-10-12-6-13(16)9-14(17)7-12/h3-9H,2,10,17H2,1H3. The van der Waals surface area contributed by atoms with Gasteiger partial charge in [0.2, 0.25) is 0 Å². The summed E-state index contributed by atoms with van der Waals surface area (Å²) in [6.07, 6.45) is 1.01. The van der Waals surface area contributed by atoms with Gasteiger partial charge in [-0.2, -0.15) is 0 Å². The van der Waals surface area contributed by atoms with E-state index in [2.05, 4.69) is 35.0 Å². The quantitative estimate of drug-likeness (QED) is 0.860. The highest BCUT2D eigenvalue weighted by Crippen LogP contribution is 2.20. The third-order valence-corrected chi connectivity index (χ3v) is 3.15. The number of hydrogen-bond donors (Lipinski definition) is 1. The first-order chi connectivity index (χ1) is 8.67. The third kappa shape index (κ3) is 3.50. The van der Waals surface area contributed by atoms with Gasteiger partial charge in [-0.3, -0.25) is 0 Å². The number of halogens is 1. The van der Waals surface area contributed by atoms with Crippen molar-refractivity contribution in [1.29, 1.82) is 0 Å². The van der Waals surface area contributed by atoms with Crippen LogP contribution in [0.2, 0.25) is 0 Å². The summed E-state index contributed by atoms with van der Waals surface area (Å²) in [5.41, 5.74) is 8.87. The Labute approximate surface area is 116 Å². The van der Waals surface area contributed by atoms with Crippen LogP contribution in [0.1, 0.15) is 18.1 Å². The highest BCUT2D eigenvalue weighted by atomic mass is 79.9. The van der Waals surface area contributed by atoms with Crippen molar-refractivity contribution in [1.82, 2.24) is 0 Å². The van der Waals surface area contributed by atoms with E-state index in [0.29, 0.717) is 6.61 Å². The second kappa shape index (κ2) is 5.91. The summed E-state index contributed by atoms with van der Waals surface area (Å²) < 4.78 is 6.74. The molecule has 0 atom stereocenters. The van der Waals surface area contributed by atoms with Crippen molar-refractivity contribution in [3.8, 4) is 5.75 Å². The van der Waals surface area contributed by atoms with Crippen LogP contribution >= 0.6 is 15.9 Å². The number of anilines is 1. The molecule has 0 bridgehead atoms. The van der Waals surface area contributed by atoms with Gasteiger partial charge in [0.1, 0.15) is 12.4 Å². The molecule has 0 aliphatic carbocycles. The van der Waals surface area contributed by atoms with Crippen molar-refractivity contribution < 1.29 is 4.74 Å². The number of rotatable bonds is 4.